The predicted molar refractivity (Wildman–Crippen MR) is 105 cm³/mol. The van der Waals surface area contributed by atoms with Gasteiger partial charge in [0.05, 0.1) is 0 Å². The molecule has 3 aromatic carbocycles. The van der Waals surface area contributed by atoms with Gasteiger partial charge in [-0.05, 0) is 52.8 Å². The summed E-state index contributed by atoms with van der Waals surface area (Å²) in [7, 11) is 0. The first-order valence-corrected chi connectivity index (χ1v) is 8.76. The molecule has 0 saturated carbocycles. The molecule has 0 amide bonds. The van der Waals surface area contributed by atoms with E-state index in [1.54, 1.807) is 6.07 Å². The number of rotatable bonds is 5. The SMILES string of the molecule is C[C@@H](Cc1ccc(C=Cc2ccc(Cl)cc2)cc1F)c1ccccc1. The van der Waals surface area contributed by atoms with Gasteiger partial charge >= 0.3 is 0 Å². The van der Waals surface area contributed by atoms with Crippen molar-refractivity contribution < 1.29 is 4.39 Å². The molecule has 2 heteroatoms. The minimum absolute atomic E-state index is 0.152. The summed E-state index contributed by atoms with van der Waals surface area (Å²) in [4.78, 5) is 0. The first-order valence-electron chi connectivity index (χ1n) is 8.39. The highest BCUT2D eigenvalue weighted by Gasteiger charge is 2.10. The molecule has 0 aromatic heterocycles. The van der Waals surface area contributed by atoms with Crippen LogP contribution >= 0.6 is 11.6 Å². The van der Waals surface area contributed by atoms with Crippen molar-refractivity contribution in [3.63, 3.8) is 0 Å². The Hall–Kier alpha value is -2.38. The molecule has 0 saturated heterocycles. The van der Waals surface area contributed by atoms with Crippen molar-refractivity contribution in [2.24, 2.45) is 0 Å². The highest BCUT2D eigenvalue weighted by atomic mass is 35.5. The van der Waals surface area contributed by atoms with Gasteiger partial charge in [0.15, 0.2) is 0 Å². The predicted octanol–water partition coefficient (Wildman–Crippen LogP) is 7.00. The summed E-state index contributed by atoms with van der Waals surface area (Å²) >= 11 is 5.88. The van der Waals surface area contributed by atoms with E-state index in [-0.39, 0.29) is 11.7 Å². The number of hydrogen-bond donors (Lipinski definition) is 0. The fourth-order valence-electron chi connectivity index (χ4n) is 2.83. The number of benzene rings is 3. The van der Waals surface area contributed by atoms with E-state index in [4.69, 9.17) is 11.6 Å². The van der Waals surface area contributed by atoms with Gasteiger partial charge in [-0.3, -0.25) is 0 Å². The Bertz CT molecular complexity index is 851. The summed E-state index contributed by atoms with van der Waals surface area (Å²) in [6.45, 7) is 2.13. The molecule has 0 aliphatic heterocycles. The molecule has 3 rings (SSSR count). The fourth-order valence-corrected chi connectivity index (χ4v) is 2.95. The van der Waals surface area contributed by atoms with Crippen LogP contribution in [0.15, 0.2) is 72.8 Å². The Morgan fingerprint density at radius 3 is 2.20 bits per heavy atom. The van der Waals surface area contributed by atoms with E-state index in [9.17, 15) is 4.39 Å². The second-order valence-corrected chi connectivity index (χ2v) is 6.69. The van der Waals surface area contributed by atoms with Crippen LogP contribution in [0.2, 0.25) is 5.02 Å². The van der Waals surface area contributed by atoms with Gasteiger partial charge in [0.2, 0.25) is 0 Å². The van der Waals surface area contributed by atoms with Crippen molar-refractivity contribution in [3.8, 4) is 0 Å². The van der Waals surface area contributed by atoms with Crippen LogP contribution in [0.25, 0.3) is 12.2 Å². The topological polar surface area (TPSA) is 0 Å². The van der Waals surface area contributed by atoms with Crippen molar-refractivity contribution in [2.45, 2.75) is 19.3 Å². The number of halogens is 2. The van der Waals surface area contributed by atoms with E-state index in [0.29, 0.717) is 11.4 Å². The third-order valence-corrected chi connectivity index (χ3v) is 4.56. The monoisotopic (exact) mass is 350 g/mol. The van der Waals surface area contributed by atoms with E-state index in [0.717, 1.165) is 16.7 Å². The minimum Gasteiger partial charge on any atom is -0.207 e. The van der Waals surface area contributed by atoms with Crippen molar-refractivity contribution in [2.75, 3.05) is 0 Å². The van der Waals surface area contributed by atoms with Gasteiger partial charge in [-0.1, -0.05) is 85.3 Å². The van der Waals surface area contributed by atoms with Crippen molar-refractivity contribution >= 4 is 23.8 Å². The van der Waals surface area contributed by atoms with Crippen LogP contribution in [0.3, 0.4) is 0 Å². The first kappa shape index (κ1) is 17.4. The average Bonchev–Trinajstić information content (AvgIpc) is 2.64. The third-order valence-electron chi connectivity index (χ3n) is 4.31. The molecule has 3 aromatic rings. The highest BCUT2D eigenvalue weighted by Crippen LogP contribution is 2.23. The molecule has 126 valence electrons. The normalized spacial score (nSPS) is 12.4. The molecule has 1 atom stereocenters. The maximum Gasteiger partial charge on any atom is 0.127 e. The van der Waals surface area contributed by atoms with Crippen LogP contribution in [0.4, 0.5) is 4.39 Å². The Labute approximate surface area is 153 Å². The lowest BCUT2D eigenvalue weighted by atomic mass is 9.93. The zero-order chi connectivity index (χ0) is 17.6. The van der Waals surface area contributed by atoms with E-state index < -0.39 is 0 Å². The molecule has 0 aliphatic rings. The summed E-state index contributed by atoms with van der Waals surface area (Å²) in [5.41, 5.74) is 3.86. The summed E-state index contributed by atoms with van der Waals surface area (Å²) in [5.74, 6) is 0.132. The van der Waals surface area contributed by atoms with E-state index in [1.807, 2.05) is 66.7 Å². The molecule has 25 heavy (non-hydrogen) atoms. The zero-order valence-corrected chi connectivity index (χ0v) is 14.9. The molecule has 0 N–H and O–H groups in total. The first-order chi connectivity index (χ1) is 12.1. The van der Waals surface area contributed by atoms with Crippen LogP contribution in [0.5, 0.6) is 0 Å². The van der Waals surface area contributed by atoms with Crippen LogP contribution in [-0.4, -0.2) is 0 Å². The lowest BCUT2D eigenvalue weighted by Crippen LogP contribution is -2.00. The second kappa shape index (κ2) is 8.13. The zero-order valence-electron chi connectivity index (χ0n) is 14.1. The maximum absolute atomic E-state index is 14.5. The average molecular weight is 351 g/mol. The fraction of sp³-hybridized carbons (Fsp3) is 0.130. The molecule has 0 bridgehead atoms. The molecule has 0 radical (unpaired) electrons. The van der Waals surface area contributed by atoms with E-state index >= 15 is 0 Å². The Kier molecular flexibility index (Phi) is 5.67. The van der Waals surface area contributed by atoms with Crippen LogP contribution in [-0.2, 0) is 6.42 Å². The van der Waals surface area contributed by atoms with Gasteiger partial charge in [0.1, 0.15) is 5.82 Å². The van der Waals surface area contributed by atoms with Crippen LogP contribution < -0.4 is 0 Å². The Morgan fingerprint density at radius 2 is 1.52 bits per heavy atom. The molecule has 0 heterocycles. The van der Waals surface area contributed by atoms with Crippen LogP contribution in [0, 0.1) is 5.82 Å². The summed E-state index contributed by atoms with van der Waals surface area (Å²) in [6, 6.07) is 23.2. The van der Waals surface area contributed by atoms with Gasteiger partial charge in [0, 0.05) is 5.02 Å². The molecule has 0 nitrogen and oxygen atoms in total. The summed E-state index contributed by atoms with van der Waals surface area (Å²) in [6.07, 6.45) is 4.56. The van der Waals surface area contributed by atoms with Gasteiger partial charge in [0.25, 0.3) is 0 Å². The van der Waals surface area contributed by atoms with Crippen LogP contribution in [0.1, 0.15) is 35.1 Å². The van der Waals surface area contributed by atoms with Crippen molar-refractivity contribution in [1.29, 1.82) is 0 Å². The second-order valence-electron chi connectivity index (χ2n) is 6.25. The van der Waals surface area contributed by atoms with Crippen molar-refractivity contribution in [3.05, 3.63) is 106 Å². The molecular weight excluding hydrogens is 331 g/mol. The Balaban J connectivity index is 1.71. The molecular formula is C23H20ClF. The van der Waals surface area contributed by atoms with Crippen molar-refractivity contribution in [1.82, 2.24) is 0 Å². The Morgan fingerprint density at radius 1 is 0.880 bits per heavy atom. The molecule has 0 aliphatic carbocycles. The van der Waals surface area contributed by atoms with Gasteiger partial charge < -0.3 is 0 Å². The largest absolute Gasteiger partial charge is 0.207 e. The quantitative estimate of drug-likeness (QED) is 0.435. The number of hydrogen-bond acceptors (Lipinski definition) is 0. The molecule has 0 spiro atoms. The maximum atomic E-state index is 14.5. The third kappa shape index (κ3) is 4.80. The smallest absolute Gasteiger partial charge is 0.127 e. The van der Waals surface area contributed by atoms with E-state index in [1.165, 1.54) is 5.56 Å². The van der Waals surface area contributed by atoms with Gasteiger partial charge in [-0.2, -0.15) is 0 Å². The summed E-state index contributed by atoms with van der Waals surface area (Å²) in [5, 5.41) is 0.708. The lowest BCUT2D eigenvalue weighted by molar-refractivity contribution is 0.597. The highest BCUT2D eigenvalue weighted by molar-refractivity contribution is 6.30. The summed E-state index contributed by atoms with van der Waals surface area (Å²) < 4.78 is 14.5. The van der Waals surface area contributed by atoms with E-state index in [2.05, 4.69) is 19.1 Å². The lowest BCUT2D eigenvalue weighted by Gasteiger charge is -2.13. The van der Waals surface area contributed by atoms with Gasteiger partial charge in [-0.25, -0.2) is 4.39 Å². The minimum atomic E-state index is -0.152. The standard InChI is InChI=1S/C23H20ClF/c1-17(20-5-3-2-4-6-20)15-21-12-9-19(16-23(21)25)8-7-18-10-13-22(24)14-11-18/h2-14,16-17H,15H2,1H3/t17-/m0/s1. The molecule has 0 fully saturated rings. The van der Waals surface area contributed by atoms with Gasteiger partial charge in [-0.15, -0.1) is 0 Å². The molecule has 0 unspecified atom stereocenters.